The van der Waals surface area contributed by atoms with Gasteiger partial charge in [-0.25, -0.2) is 8.78 Å². The largest absolute Gasteiger partial charge is 0.488 e. The molecule has 0 radical (unpaired) electrons. The number of carbonyl (C=O) groups excluding carboxylic acids is 3. The zero-order chi connectivity index (χ0) is 28.8. The van der Waals surface area contributed by atoms with Gasteiger partial charge in [-0.2, -0.15) is 0 Å². The monoisotopic (exact) mass is 534 g/mol. The summed E-state index contributed by atoms with van der Waals surface area (Å²) in [5.41, 5.74) is -1.48. The molecule has 0 spiro atoms. The molecule has 0 fully saturated rings. The molecule has 1 unspecified atom stereocenters. The quantitative estimate of drug-likeness (QED) is 0.0801. The Labute approximate surface area is 221 Å². The SMILES string of the molecule is C=C(/C=C(F)\C(=C/C)C(=O)NC(CNC(=O)c1ccc(B(O)O)cc1F)C(=O)CCCCCCC)B(O)O. The van der Waals surface area contributed by atoms with E-state index in [1.54, 1.807) is 0 Å². The summed E-state index contributed by atoms with van der Waals surface area (Å²) in [7, 11) is -3.96. The first-order chi connectivity index (χ1) is 17.9. The Morgan fingerprint density at radius 1 is 1.11 bits per heavy atom. The third-order valence-corrected chi connectivity index (χ3v) is 5.66. The minimum atomic E-state index is -2.03. The summed E-state index contributed by atoms with van der Waals surface area (Å²) in [5.74, 6) is -4.48. The highest BCUT2D eigenvalue weighted by atomic mass is 19.1. The van der Waals surface area contributed by atoms with Gasteiger partial charge in [-0.05, 0) is 42.5 Å². The molecule has 0 saturated heterocycles. The second-order valence-corrected chi connectivity index (χ2v) is 8.62. The van der Waals surface area contributed by atoms with E-state index in [2.05, 4.69) is 17.2 Å². The average molecular weight is 534 g/mol. The summed E-state index contributed by atoms with van der Waals surface area (Å²) >= 11 is 0. The lowest BCUT2D eigenvalue weighted by atomic mass is 9.80. The second kappa shape index (κ2) is 16.7. The van der Waals surface area contributed by atoms with Crippen LogP contribution < -0.4 is 16.1 Å². The number of ketones is 1. The van der Waals surface area contributed by atoms with Crippen molar-refractivity contribution in [1.82, 2.24) is 10.6 Å². The van der Waals surface area contributed by atoms with E-state index < -0.39 is 72.7 Å². The van der Waals surface area contributed by atoms with Crippen molar-refractivity contribution in [2.24, 2.45) is 0 Å². The van der Waals surface area contributed by atoms with Crippen LogP contribution in [0.15, 0.2) is 53.8 Å². The van der Waals surface area contributed by atoms with Gasteiger partial charge in [0.05, 0.1) is 11.1 Å². The predicted octanol–water partition coefficient (Wildman–Crippen LogP) is 1.02. The van der Waals surface area contributed by atoms with Crippen molar-refractivity contribution in [3.63, 3.8) is 0 Å². The van der Waals surface area contributed by atoms with Crippen LogP contribution in [0.4, 0.5) is 8.78 Å². The number of benzene rings is 1. The fourth-order valence-electron chi connectivity index (χ4n) is 3.42. The van der Waals surface area contributed by atoms with Gasteiger partial charge in [0, 0.05) is 13.0 Å². The molecule has 0 aromatic heterocycles. The van der Waals surface area contributed by atoms with Gasteiger partial charge in [-0.3, -0.25) is 14.4 Å². The lowest BCUT2D eigenvalue weighted by molar-refractivity contribution is -0.126. The molecule has 1 aromatic carbocycles. The van der Waals surface area contributed by atoms with E-state index in [0.29, 0.717) is 12.5 Å². The number of carbonyl (C=O) groups is 3. The summed E-state index contributed by atoms with van der Waals surface area (Å²) in [6.07, 6.45) is 6.14. The molecule has 1 atom stereocenters. The Bertz CT molecular complexity index is 1060. The van der Waals surface area contributed by atoms with Gasteiger partial charge >= 0.3 is 14.2 Å². The third-order valence-electron chi connectivity index (χ3n) is 5.66. The minimum absolute atomic E-state index is 0.0823. The van der Waals surface area contributed by atoms with Crippen LogP contribution in [-0.2, 0) is 9.59 Å². The first-order valence-corrected chi connectivity index (χ1v) is 12.3. The Balaban J connectivity index is 3.04. The van der Waals surface area contributed by atoms with Gasteiger partial charge in [0.15, 0.2) is 5.78 Å². The first kappa shape index (κ1) is 32.9. The van der Waals surface area contributed by atoms with Gasteiger partial charge in [-0.15, -0.1) is 0 Å². The number of hydrogen-bond acceptors (Lipinski definition) is 7. The summed E-state index contributed by atoms with van der Waals surface area (Å²) < 4.78 is 28.9. The molecule has 0 bridgehead atoms. The van der Waals surface area contributed by atoms with Crippen molar-refractivity contribution >= 4 is 37.3 Å². The molecule has 13 heteroatoms. The van der Waals surface area contributed by atoms with Crippen LogP contribution >= 0.6 is 0 Å². The number of amides is 2. The van der Waals surface area contributed by atoms with Crippen molar-refractivity contribution in [2.75, 3.05) is 6.54 Å². The molecular weight excluding hydrogens is 500 g/mol. The molecule has 38 heavy (non-hydrogen) atoms. The van der Waals surface area contributed by atoms with Gasteiger partial charge in [0.25, 0.3) is 11.8 Å². The molecule has 0 saturated carbocycles. The Kier molecular flexibility index (Phi) is 14.4. The number of rotatable bonds is 16. The van der Waals surface area contributed by atoms with E-state index in [0.717, 1.165) is 50.0 Å². The maximum Gasteiger partial charge on any atom is 0.488 e. The fraction of sp³-hybridized carbons (Fsp3) is 0.400. The van der Waals surface area contributed by atoms with Crippen LogP contribution in [0.2, 0.25) is 0 Å². The van der Waals surface area contributed by atoms with Crippen molar-refractivity contribution in [3.8, 4) is 0 Å². The van der Waals surface area contributed by atoms with E-state index >= 15 is 0 Å². The maximum atomic E-state index is 14.6. The molecule has 0 aliphatic carbocycles. The van der Waals surface area contributed by atoms with Gasteiger partial charge in [-0.1, -0.05) is 51.3 Å². The van der Waals surface area contributed by atoms with E-state index in [4.69, 9.17) is 20.1 Å². The zero-order valence-corrected chi connectivity index (χ0v) is 21.5. The van der Waals surface area contributed by atoms with Crippen LogP contribution in [0, 0.1) is 5.82 Å². The first-order valence-electron chi connectivity index (χ1n) is 12.3. The number of halogens is 2. The van der Waals surface area contributed by atoms with Gasteiger partial charge < -0.3 is 30.7 Å². The number of Topliss-reactive ketones (excluding diaryl/α,β-unsaturated/α-hetero) is 1. The molecule has 0 heterocycles. The highest BCUT2D eigenvalue weighted by Gasteiger charge is 2.25. The van der Waals surface area contributed by atoms with Crippen molar-refractivity contribution in [1.29, 1.82) is 0 Å². The van der Waals surface area contributed by atoms with Crippen molar-refractivity contribution in [3.05, 3.63) is 65.2 Å². The smallest absolute Gasteiger partial charge is 0.423 e. The van der Waals surface area contributed by atoms with Gasteiger partial charge in [0.2, 0.25) is 0 Å². The van der Waals surface area contributed by atoms with E-state index in [-0.39, 0.29) is 11.9 Å². The minimum Gasteiger partial charge on any atom is -0.423 e. The molecule has 206 valence electrons. The molecule has 1 rings (SSSR count). The van der Waals surface area contributed by atoms with E-state index in [1.165, 1.54) is 6.92 Å². The Morgan fingerprint density at radius 2 is 1.76 bits per heavy atom. The summed E-state index contributed by atoms with van der Waals surface area (Å²) in [6, 6.07) is 1.70. The van der Waals surface area contributed by atoms with Crippen LogP contribution in [0.3, 0.4) is 0 Å². The number of unbranched alkanes of at least 4 members (excludes halogenated alkanes) is 4. The van der Waals surface area contributed by atoms with Crippen LogP contribution in [-0.4, -0.2) is 64.5 Å². The van der Waals surface area contributed by atoms with Crippen LogP contribution in [0.1, 0.15) is 62.7 Å². The summed E-state index contributed by atoms with van der Waals surface area (Å²) in [6.45, 7) is 6.26. The molecule has 9 nitrogen and oxygen atoms in total. The maximum absolute atomic E-state index is 14.6. The topological polar surface area (TPSA) is 156 Å². The number of hydrogen-bond donors (Lipinski definition) is 6. The van der Waals surface area contributed by atoms with Crippen molar-refractivity contribution < 1.29 is 43.3 Å². The molecular formula is C25H34B2F2N2O7. The highest BCUT2D eigenvalue weighted by molar-refractivity contribution is 6.58. The normalized spacial score (nSPS) is 12.5. The Morgan fingerprint density at radius 3 is 2.32 bits per heavy atom. The summed E-state index contributed by atoms with van der Waals surface area (Å²) in [4.78, 5) is 38.2. The van der Waals surface area contributed by atoms with E-state index in [1.807, 2.05) is 6.92 Å². The average Bonchev–Trinajstić information content (AvgIpc) is 2.86. The Hall–Kier alpha value is -3.12. The van der Waals surface area contributed by atoms with E-state index in [9.17, 15) is 23.2 Å². The lowest BCUT2D eigenvalue weighted by Gasteiger charge is -2.19. The molecule has 6 N–H and O–H groups in total. The molecule has 0 aliphatic heterocycles. The van der Waals surface area contributed by atoms with Crippen LogP contribution in [0.25, 0.3) is 0 Å². The molecule has 2 amide bonds. The third kappa shape index (κ3) is 10.7. The lowest BCUT2D eigenvalue weighted by Crippen LogP contribution is -2.49. The van der Waals surface area contributed by atoms with Gasteiger partial charge in [0.1, 0.15) is 17.7 Å². The fourth-order valence-corrected chi connectivity index (χ4v) is 3.42. The molecule has 0 aliphatic rings. The number of nitrogens with one attached hydrogen (secondary N) is 2. The van der Waals surface area contributed by atoms with Crippen molar-refractivity contribution in [2.45, 2.75) is 58.4 Å². The predicted molar refractivity (Wildman–Crippen MR) is 141 cm³/mol. The number of allylic oxidation sites excluding steroid dienone is 3. The van der Waals surface area contributed by atoms with Crippen LogP contribution in [0.5, 0.6) is 0 Å². The molecule has 1 aromatic rings. The zero-order valence-electron chi connectivity index (χ0n) is 21.5. The summed E-state index contributed by atoms with van der Waals surface area (Å²) in [5, 5.41) is 41.2. The highest BCUT2D eigenvalue weighted by Crippen LogP contribution is 2.16. The second-order valence-electron chi connectivity index (χ2n) is 8.62. The standard InChI is InChI=1S/C25H34B2F2N2O7/c1-4-6-7-8-9-10-23(32)22(31-25(34)18(5-2)20(28)13-16(3)26(35)36)15-30-24(33)19-12-11-17(27(37)38)14-21(19)29/h5,11-14,22,35-38H,3-4,6-10,15H2,1-2H3,(H,30,33)(H,31,34)/b18-5+,20-13+.